The number of halogens is 1. The summed E-state index contributed by atoms with van der Waals surface area (Å²) in [6, 6.07) is 9.93. The molecule has 3 rings (SSSR count). The molecule has 2 heterocycles. The molecule has 0 radical (unpaired) electrons. The normalized spacial score (nSPS) is 16.7. The lowest BCUT2D eigenvalue weighted by Crippen LogP contribution is -2.48. The maximum absolute atomic E-state index is 12.6. The van der Waals surface area contributed by atoms with Gasteiger partial charge in [0.15, 0.2) is 5.15 Å². The van der Waals surface area contributed by atoms with Crippen LogP contribution < -0.4 is 4.90 Å². The molecule has 0 N–H and O–H groups in total. The number of hydrogen-bond donors (Lipinski definition) is 0. The molecule has 0 bridgehead atoms. The van der Waals surface area contributed by atoms with Crippen molar-refractivity contribution in [3.63, 3.8) is 0 Å². The third-order valence-corrected chi connectivity index (χ3v) is 4.92. The van der Waals surface area contributed by atoms with Crippen LogP contribution in [-0.2, 0) is 14.9 Å². The zero-order valence-electron chi connectivity index (χ0n) is 13.8. The van der Waals surface area contributed by atoms with Gasteiger partial charge in [0.1, 0.15) is 0 Å². The Morgan fingerprint density at radius 3 is 2.67 bits per heavy atom. The molecule has 1 aromatic carbocycles. The first-order chi connectivity index (χ1) is 11.5. The van der Waals surface area contributed by atoms with E-state index in [-0.39, 0.29) is 5.97 Å². The molecule has 1 aliphatic heterocycles. The predicted octanol–water partition coefficient (Wildman–Crippen LogP) is 3.15. The molecule has 0 spiro atoms. The van der Waals surface area contributed by atoms with Crippen LogP contribution in [0.5, 0.6) is 0 Å². The first-order valence-corrected chi connectivity index (χ1v) is 8.32. The fraction of sp³-hybridized carbons (Fsp3) is 0.389. The van der Waals surface area contributed by atoms with Crippen LogP contribution in [0.3, 0.4) is 0 Å². The molecule has 5 nitrogen and oxygen atoms in total. The number of methoxy groups -OCH3 is 1. The van der Waals surface area contributed by atoms with E-state index < -0.39 is 5.41 Å². The van der Waals surface area contributed by atoms with Crippen molar-refractivity contribution < 1.29 is 9.53 Å². The van der Waals surface area contributed by atoms with Gasteiger partial charge in [-0.2, -0.15) is 5.10 Å². The molecule has 1 fully saturated rings. The van der Waals surface area contributed by atoms with E-state index in [4.69, 9.17) is 16.3 Å². The van der Waals surface area contributed by atoms with E-state index >= 15 is 0 Å². The summed E-state index contributed by atoms with van der Waals surface area (Å²) in [4.78, 5) is 14.8. The van der Waals surface area contributed by atoms with Crippen molar-refractivity contribution in [1.29, 1.82) is 0 Å². The third kappa shape index (κ3) is 3.08. The summed E-state index contributed by atoms with van der Waals surface area (Å²) < 4.78 is 5.15. The number of carbonyl (C=O) groups is 1. The quantitative estimate of drug-likeness (QED) is 0.800. The molecule has 24 heavy (non-hydrogen) atoms. The minimum Gasteiger partial charge on any atom is -0.468 e. The van der Waals surface area contributed by atoms with Gasteiger partial charge in [-0.3, -0.25) is 4.79 Å². The summed E-state index contributed by atoms with van der Waals surface area (Å²) >= 11 is 5.93. The summed E-state index contributed by atoms with van der Waals surface area (Å²) in [5, 5.41) is 8.05. The van der Waals surface area contributed by atoms with Crippen LogP contribution in [0, 0.1) is 6.92 Å². The highest BCUT2D eigenvalue weighted by Gasteiger charge is 2.44. The molecule has 2 aromatic rings. The third-order valence-electron chi connectivity index (χ3n) is 4.74. The van der Waals surface area contributed by atoms with E-state index in [0.717, 1.165) is 29.9 Å². The maximum Gasteiger partial charge on any atom is 0.316 e. The average molecular weight is 346 g/mol. The van der Waals surface area contributed by atoms with Crippen molar-refractivity contribution >= 4 is 23.3 Å². The van der Waals surface area contributed by atoms with Crippen molar-refractivity contribution in [2.45, 2.75) is 25.2 Å². The molecular weight excluding hydrogens is 326 g/mol. The van der Waals surface area contributed by atoms with Gasteiger partial charge in [0.05, 0.1) is 24.4 Å². The van der Waals surface area contributed by atoms with E-state index in [1.165, 1.54) is 7.11 Å². The number of rotatable bonds is 3. The predicted molar refractivity (Wildman–Crippen MR) is 93.4 cm³/mol. The van der Waals surface area contributed by atoms with Gasteiger partial charge in [0, 0.05) is 19.2 Å². The number of hydrogen-bond acceptors (Lipinski definition) is 5. The lowest BCUT2D eigenvalue weighted by molar-refractivity contribution is -0.148. The summed E-state index contributed by atoms with van der Waals surface area (Å²) in [6.45, 7) is 3.49. The zero-order chi connectivity index (χ0) is 17.2. The van der Waals surface area contributed by atoms with Crippen LogP contribution in [-0.4, -0.2) is 36.4 Å². The Bertz CT molecular complexity index is 743. The van der Waals surface area contributed by atoms with Gasteiger partial charge in [-0.15, -0.1) is 5.10 Å². The van der Waals surface area contributed by atoms with Gasteiger partial charge in [-0.05, 0) is 25.3 Å². The average Bonchev–Trinajstić information content (AvgIpc) is 2.61. The number of esters is 1. The molecule has 6 heteroatoms. The lowest BCUT2D eigenvalue weighted by Gasteiger charge is -2.41. The second-order valence-corrected chi connectivity index (χ2v) is 6.55. The lowest BCUT2D eigenvalue weighted by atomic mass is 9.72. The van der Waals surface area contributed by atoms with Gasteiger partial charge < -0.3 is 9.64 Å². The monoisotopic (exact) mass is 345 g/mol. The summed E-state index contributed by atoms with van der Waals surface area (Å²) in [6.07, 6.45) is 3.07. The topological polar surface area (TPSA) is 55.3 Å². The standard InChI is InChI=1S/C18H20ClN3O2/c1-13-4-3-5-14(10-13)18(17(23)24-2)6-8-22(9-7-18)15-11-16(19)21-20-12-15/h3-5,10-12H,6-9H2,1-2H3. The molecule has 0 atom stereocenters. The van der Waals surface area contributed by atoms with E-state index in [9.17, 15) is 4.79 Å². The number of nitrogens with zero attached hydrogens (tertiary/aromatic N) is 3. The number of piperidine rings is 1. The number of anilines is 1. The fourth-order valence-electron chi connectivity index (χ4n) is 3.40. The van der Waals surface area contributed by atoms with Crippen LogP contribution >= 0.6 is 11.6 Å². The van der Waals surface area contributed by atoms with Gasteiger partial charge in [-0.25, -0.2) is 0 Å². The largest absolute Gasteiger partial charge is 0.468 e. The number of aromatic nitrogens is 2. The minimum absolute atomic E-state index is 0.168. The number of benzene rings is 1. The Labute approximate surface area is 146 Å². The van der Waals surface area contributed by atoms with E-state index in [0.29, 0.717) is 18.0 Å². The molecule has 0 aliphatic carbocycles. The van der Waals surface area contributed by atoms with Crippen molar-refractivity contribution in [2.75, 3.05) is 25.1 Å². The number of aryl methyl sites for hydroxylation is 1. The van der Waals surface area contributed by atoms with Crippen molar-refractivity contribution in [3.05, 3.63) is 52.8 Å². The highest BCUT2D eigenvalue weighted by atomic mass is 35.5. The smallest absolute Gasteiger partial charge is 0.316 e. The minimum atomic E-state index is -0.596. The van der Waals surface area contributed by atoms with E-state index in [1.54, 1.807) is 12.3 Å². The van der Waals surface area contributed by atoms with E-state index in [2.05, 4.69) is 21.2 Å². The first-order valence-electron chi connectivity index (χ1n) is 7.94. The number of ether oxygens (including phenoxy) is 1. The van der Waals surface area contributed by atoms with Crippen LogP contribution in [0.15, 0.2) is 36.5 Å². The number of carbonyl (C=O) groups excluding carboxylic acids is 1. The van der Waals surface area contributed by atoms with Gasteiger partial charge in [0.2, 0.25) is 0 Å². The summed E-state index contributed by atoms with van der Waals surface area (Å²) in [5.74, 6) is -0.168. The molecule has 126 valence electrons. The molecule has 1 saturated heterocycles. The van der Waals surface area contributed by atoms with Gasteiger partial charge in [0.25, 0.3) is 0 Å². The van der Waals surface area contributed by atoms with Gasteiger partial charge >= 0.3 is 5.97 Å². The van der Waals surface area contributed by atoms with Crippen molar-refractivity contribution in [2.24, 2.45) is 0 Å². The second kappa shape index (κ2) is 6.77. The molecule has 0 unspecified atom stereocenters. The first kappa shape index (κ1) is 16.7. The molecule has 1 aromatic heterocycles. The molecule has 0 amide bonds. The Morgan fingerprint density at radius 1 is 1.29 bits per heavy atom. The Morgan fingerprint density at radius 2 is 2.04 bits per heavy atom. The SMILES string of the molecule is COC(=O)C1(c2cccc(C)c2)CCN(c2cnnc(Cl)c2)CC1. The molecule has 0 saturated carbocycles. The van der Waals surface area contributed by atoms with Crippen molar-refractivity contribution in [3.8, 4) is 0 Å². The molecule has 1 aliphatic rings. The summed E-state index contributed by atoms with van der Waals surface area (Å²) in [7, 11) is 1.46. The second-order valence-electron chi connectivity index (χ2n) is 6.17. The van der Waals surface area contributed by atoms with Crippen LogP contribution in [0.4, 0.5) is 5.69 Å². The fourth-order valence-corrected chi connectivity index (χ4v) is 3.56. The van der Waals surface area contributed by atoms with Crippen LogP contribution in [0.2, 0.25) is 5.15 Å². The van der Waals surface area contributed by atoms with Gasteiger partial charge in [-0.1, -0.05) is 41.4 Å². The zero-order valence-corrected chi connectivity index (χ0v) is 14.6. The van der Waals surface area contributed by atoms with Crippen molar-refractivity contribution in [1.82, 2.24) is 10.2 Å². The van der Waals surface area contributed by atoms with Crippen LogP contribution in [0.25, 0.3) is 0 Å². The highest BCUT2D eigenvalue weighted by molar-refractivity contribution is 6.29. The van der Waals surface area contributed by atoms with Crippen LogP contribution in [0.1, 0.15) is 24.0 Å². The molecular formula is C18H20ClN3O2. The Balaban J connectivity index is 1.87. The summed E-state index contributed by atoms with van der Waals surface area (Å²) in [5.41, 5.74) is 2.50. The van der Waals surface area contributed by atoms with E-state index in [1.807, 2.05) is 25.1 Å². The Kier molecular flexibility index (Phi) is 4.71. The maximum atomic E-state index is 12.6. The Hall–Kier alpha value is -2.14. The highest BCUT2D eigenvalue weighted by Crippen LogP contribution is 2.38.